The third-order valence-corrected chi connectivity index (χ3v) is 4.41. The fourth-order valence-electron chi connectivity index (χ4n) is 2.55. The zero-order valence-corrected chi connectivity index (χ0v) is 15.9. The Hall–Kier alpha value is -2.82. The molecule has 2 aromatic carbocycles. The molecule has 0 spiro atoms. The van der Waals surface area contributed by atoms with Gasteiger partial charge in [-0.25, -0.2) is 0 Å². The Bertz CT molecular complexity index is 767. The van der Waals surface area contributed by atoms with E-state index in [1.165, 1.54) is 5.56 Å². The number of hydrogen-bond donors (Lipinski definition) is 2. The fraction of sp³-hybridized carbons (Fsp3) is 0.333. The average molecular weight is 353 g/mol. The molecule has 138 valence electrons. The molecule has 5 heteroatoms. The van der Waals surface area contributed by atoms with Crippen molar-refractivity contribution in [1.29, 1.82) is 0 Å². The molecule has 0 heterocycles. The Morgan fingerprint density at radius 2 is 1.69 bits per heavy atom. The van der Waals surface area contributed by atoms with Gasteiger partial charge in [0.05, 0.1) is 6.54 Å². The van der Waals surface area contributed by atoms with Crippen molar-refractivity contribution in [2.75, 3.05) is 31.3 Å². The fourth-order valence-corrected chi connectivity index (χ4v) is 2.55. The molecule has 0 bridgehead atoms. The van der Waals surface area contributed by atoms with E-state index in [1.54, 1.807) is 19.0 Å². The number of nitrogens with one attached hydrogen (secondary N) is 2. The van der Waals surface area contributed by atoms with Crippen LogP contribution in [0.3, 0.4) is 0 Å². The Balaban J connectivity index is 1.83. The normalized spacial score (nSPS) is 10.3. The summed E-state index contributed by atoms with van der Waals surface area (Å²) in [5.41, 5.74) is 5.14. The summed E-state index contributed by atoms with van der Waals surface area (Å²) in [7, 11) is 3.51. The molecular formula is C21H27N3O2. The Morgan fingerprint density at radius 1 is 1.00 bits per heavy atom. The molecule has 0 aliphatic carbocycles. The van der Waals surface area contributed by atoms with Crippen LogP contribution in [-0.2, 0) is 16.0 Å². The number of rotatable bonds is 7. The molecule has 0 radical (unpaired) electrons. The van der Waals surface area contributed by atoms with Crippen LogP contribution < -0.4 is 10.6 Å². The van der Waals surface area contributed by atoms with Gasteiger partial charge in [-0.3, -0.25) is 9.59 Å². The maximum absolute atomic E-state index is 12.1. The zero-order chi connectivity index (χ0) is 19.1. The Kier molecular flexibility index (Phi) is 6.78. The lowest BCUT2D eigenvalue weighted by Crippen LogP contribution is -2.22. The van der Waals surface area contributed by atoms with Crippen LogP contribution in [0.15, 0.2) is 42.5 Å². The lowest BCUT2D eigenvalue weighted by molar-refractivity contribution is -0.128. The van der Waals surface area contributed by atoms with Gasteiger partial charge in [-0.1, -0.05) is 24.3 Å². The number of amides is 2. The third-order valence-electron chi connectivity index (χ3n) is 4.41. The van der Waals surface area contributed by atoms with E-state index in [9.17, 15) is 9.59 Å². The molecule has 0 aromatic heterocycles. The van der Waals surface area contributed by atoms with Crippen molar-refractivity contribution in [3.05, 3.63) is 59.2 Å². The second-order valence-electron chi connectivity index (χ2n) is 6.63. The number of carbonyl (C=O) groups excluding carboxylic acids is 2. The van der Waals surface area contributed by atoms with Crippen molar-refractivity contribution in [2.24, 2.45) is 0 Å². The maximum Gasteiger partial charge on any atom is 0.243 e. The first-order valence-corrected chi connectivity index (χ1v) is 8.76. The van der Waals surface area contributed by atoms with Crippen LogP contribution in [0.4, 0.5) is 11.4 Å². The van der Waals surface area contributed by atoms with Gasteiger partial charge in [0.25, 0.3) is 0 Å². The highest BCUT2D eigenvalue weighted by Gasteiger charge is 2.06. The maximum atomic E-state index is 12.1. The van der Waals surface area contributed by atoms with Crippen LogP contribution in [-0.4, -0.2) is 37.4 Å². The summed E-state index contributed by atoms with van der Waals surface area (Å²) in [6.07, 6.45) is 1.18. The quantitative estimate of drug-likeness (QED) is 0.802. The summed E-state index contributed by atoms with van der Waals surface area (Å²) in [4.78, 5) is 25.4. The average Bonchev–Trinajstić information content (AvgIpc) is 2.62. The number of aryl methyl sites for hydroxylation is 2. The molecule has 2 N–H and O–H groups in total. The van der Waals surface area contributed by atoms with Crippen LogP contribution in [0.5, 0.6) is 0 Å². The second-order valence-corrected chi connectivity index (χ2v) is 6.63. The molecule has 0 aliphatic rings. The van der Waals surface area contributed by atoms with Gasteiger partial charge < -0.3 is 15.5 Å². The van der Waals surface area contributed by atoms with E-state index < -0.39 is 0 Å². The molecule has 0 saturated heterocycles. The molecule has 0 fully saturated rings. The lowest BCUT2D eigenvalue weighted by Gasteiger charge is -2.12. The van der Waals surface area contributed by atoms with Gasteiger partial charge in [0.1, 0.15) is 0 Å². The molecule has 26 heavy (non-hydrogen) atoms. The van der Waals surface area contributed by atoms with Gasteiger partial charge in [0.15, 0.2) is 0 Å². The first kappa shape index (κ1) is 19.5. The molecule has 0 saturated carbocycles. The van der Waals surface area contributed by atoms with Gasteiger partial charge in [0, 0.05) is 31.9 Å². The number of nitrogens with zero attached hydrogens (tertiary/aromatic N) is 1. The minimum Gasteiger partial charge on any atom is -0.376 e. The molecule has 5 nitrogen and oxygen atoms in total. The first-order valence-electron chi connectivity index (χ1n) is 8.76. The van der Waals surface area contributed by atoms with Crippen LogP contribution in [0.25, 0.3) is 0 Å². The lowest BCUT2D eigenvalue weighted by atomic mass is 10.1. The summed E-state index contributed by atoms with van der Waals surface area (Å²) >= 11 is 0. The van der Waals surface area contributed by atoms with Gasteiger partial charge in [-0.2, -0.15) is 0 Å². The highest BCUT2D eigenvalue weighted by Crippen LogP contribution is 2.17. The molecule has 2 aromatic rings. The molecular weight excluding hydrogens is 326 g/mol. The van der Waals surface area contributed by atoms with Crippen molar-refractivity contribution in [2.45, 2.75) is 26.7 Å². The molecule has 0 unspecified atom stereocenters. The standard InChI is InChI=1S/C21H27N3O2/c1-15-6-5-7-19(16(15)2)22-14-20(25)23-18-11-8-17(9-12-18)10-13-21(26)24(3)4/h5-9,11-12,22H,10,13-14H2,1-4H3,(H,23,25). The van der Waals surface area contributed by atoms with Crippen molar-refractivity contribution in [1.82, 2.24) is 4.90 Å². The SMILES string of the molecule is Cc1cccc(NCC(=O)Nc2ccc(CCC(=O)N(C)C)cc2)c1C. The topological polar surface area (TPSA) is 61.4 Å². The van der Waals surface area contributed by atoms with Crippen LogP contribution in [0, 0.1) is 13.8 Å². The van der Waals surface area contributed by atoms with E-state index in [0.717, 1.165) is 22.5 Å². The smallest absolute Gasteiger partial charge is 0.243 e. The number of carbonyl (C=O) groups is 2. The van der Waals surface area contributed by atoms with Crippen molar-refractivity contribution < 1.29 is 9.59 Å². The summed E-state index contributed by atoms with van der Waals surface area (Å²) in [6, 6.07) is 13.6. The Labute approximate surface area is 155 Å². The van der Waals surface area contributed by atoms with Crippen molar-refractivity contribution in [3.8, 4) is 0 Å². The van der Waals surface area contributed by atoms with Gasteiger partial charge >= 0.3 is 0 Å². The number of hydrogen-bond acceptors (Lipinski definition) is 3. The summed E-state index contributed by atoms with van der Waals surface area (Å²) in [6.45, 7) is 4.30. The van der Waals surface area contributed by atoms with Crippen LogP contribution in [0.1, 0.15) is 23.1 Å². The zero-order valence-electron chi connectivity index (χ0n) is 15.9. The van der Waals surface area contributed by atoms with Crippen molar-refractivity contribution in [3.63, 3.8) is 0 Å². The number of benzene rings is 2. The minimum absolute atomic E-state index is 0.0959. The van der Waals surface area contributed by atoms with E-state index in [-0.39, 0.29) is 18.4 Å². The number of anilines is 2. The predicted molar refractivity (Wildman–Crippen MR) is 106 cm³/mol. The third kappa shape index (κ3) is 5.62. The molecule has 2 amide bonds. The molecule has 0 atom stereocenters. The highest BCUT2D eigenvalue weighted by atomic mass is 16.2. The van der Waals surface area contributed by atoms with Gasteiger partial charge in [-0.05, 0) is 55.2 Å². The summed E-state index contributed by atoms with van der Waals surface area (Å²) in [5, 5.41) is 6.05. The van der Waals surface area contributed by atoms with E-state index in [0.29, 0.717) is 12.8 Å². The molecule has 0 aliphatic heterocycles. The van der Waals surface area contributed by atoms with E-state index in [4.69, 9.17) is 0 Å². The summed E-state index contributed by atoms with van der Waals surface area (Å²) in [5.74, 6) is 0.0151. The summed E-state index contributed by atoms with van der Waals surface area (Å²) < 4.78 is 0. The Morgan fingerprint density at radius 3 is 2.35 bits per heavy atom. The van der Waals surface area contributed by atoms with Gasteiger partial charge in [-0.15, -0.1) is 0 Å². The van der Waals surface area contributed by atoms with Crippen LogP contribution >= 0.6 is 0 Å². The second kappa shape index (κ2) is 9.04. The molecule has 2 rings (SSSR count). The van der Waals surface area contributed by atoms with E-state index in [1.807, 2.05) is 56.3 Å². The van der Waals surface area contributed by atoms with E-state index in [2.05, 4.69) is 10.6 Å². The minimum atomic E-state index is -0.0959. The predicted octanol–water partition coefficient (Wildman–Crippen LogP) is 3.37. The van der Waals surface area contributed by atoms with Gasteiger partial charge in [0.2, 0.25) is 11.8 Å². The van der Waals surface area contributed by atoms with Crippen molar-refractivity contribution >= 4 is 23.2 Å². The van der Waals surface area contributed by atoms with Crippen LogP contribution in [0.2, 0.25) is 0 Å². The van der Waals surface area contributed by atoms with E-state index >= 15 is 0 Å². The first-order chi connectivity index (χ1) is 12.4. The monoisotopic (exact) mass is 353 g/mol. The highest BCUT2D eigenvalue weighted by molar-refractivity contribution is 5.93. The largest absolute Gasteiger partial charge is 0.376 e.